The molecule has 0 aliphatic rings. The van der Waals surface area contributed by atoms with Crippen molar-refractivity contribution in [1.29, 1.82) is 0 Å². The lowest BCUT2D eigenvalue weighted by Crippen LogP contribution is -1.96. The van der Waals surface area contributed by atoms with Gasteiger partial charge in [0, 0.05) is 17.3 Å². The Balaban J connectivity index is 2.11. The van der Waals surface area contributed by atoms with Crippen molar-refractivity contribution in [2.24, 2.45) is 0 Å². The van der Waals surface area contributed by atoms with E-state index in [1.54, 1.807) is 0 Å². The Bertz CT molecular complexity index is 438. The normalized spacial score (nSPS) is 12.6. The summed E-state index contributed by atoms with van der Waals surface area (Å²) in [6, 6.07) is 6.38. The number of aryl methyl sites for hydroxylation is 1. The fourth-order valence-corrected chi connectivity index (χ4v) is 3.70. The van der Waals surface area contributed by atoms with Gasteiger partial charge in [-0.05, 0) is 47.5 Å². The van der Waals surface area contributed by atoms with Crippen LogP contribution in [-0.4, -0.2) is 4.98 Å². The van der Waals surface area contributed by atoms with E-state index in [0.29, 0.717) is 4.83 Å². The van der Waals surface area contributed by atoms with E-state index >= 15 is 0 Å². The summed E-state index contributed by atoms with van der Waals surface area (Å²) in [5.74, 6) is 0. The Hall–Kier alpha value is -0.670. The zero-order valence-corrected chi connectivity index (χ0v) is 11.6. The molecule has 1 unspecified atom stereocenters. The molecule has 84 valence electrons. The molecule has 1 nitrogen and oxygen atoms in total. The fourth-order valence-electron chi connectivity index (χ4n) is 1.73. The van der Waals surface area contributed by atoms with E-state index in [9.17, 15) is 0 Å². The van der Waals surface area contributed by atoms with Gasteiger partial charge in [-0.2, -0.15) is 0 Å². The molecule has 1 atom stereocenters. The summed E-state index contributed by atoms with van der Waals surface area (Å²) >= 11 is 5.62. The molecule has 0 spiro atoms. The van der Waals surface area contributed by atoms with Crippen LogP contribution in [0, 0.1) is 0 Å². The van der Waals surface area contributed by atoms with E-state index < -0.39 is 0 Å². The van der Waals surface area contributed by atoms with Crippen molar-refractivity contribution in [3.05, 3.63) is 52.0 Å². The molecular weight excluding hydrogens is 282 g/mol. The van der Waals surface area contributed by atoms with Gasteiger partial charge in [-0.25, -0.2) is 0 Å². The lowest BCUT2D eigenvalue weighted by Gasteiger charge is -2.10. The van der Waals surface area contributed by atoms with Gasteiger partial charge in [-0.1, -0.05) is 22.9 Å². The zero-order valence-electron chi connectivity index (χ0n) is 9.19. The lowest BCUT2D eigenvalue weighted by atomic mass is 10.1. The average molecular weight is 296 g/mol. The monoisotopic (exact) mass is 295 g/mol. The summed E-state index contributed by atoms with van der Waals surface area (Å²) in [5.41, 5.74) is 2.79. The summed E-state index contributed by atoms with van der Waals surface area (Å²) < 4.78 is 0. The molecule has 0 radical (unpaired) electrons. The number of hydrogen-bond donors (Lipinski definition) is 0. The van der Waals surface area contributed by atoms with E-state index in [1.807, 2.05) is 23.7 Å². The second kappa shape index (κ2) is 5.60. The van der Waals surface area contributed by atoms with Gasteiger partial charge in [-0.15, -0.1) is 11.3 Å². The molecule has 0 amide bonds. The minimum atomic E-state index is 0.421. The van der Waals surface area contributed by atoms with Gasteiger partial charge in [0.05, 0.1) is 4.83 Å². The van der Waals surface area contributed by atoms with Crippen molar-refractivity contribution < 1.29 is 0 Å². The smallest absolute Gasteiger partial charge is 0.0532 e. The molecule has 0 aliphatic carbocycles. The highest BCUT2D eigenvalue weighted by molar-refractivity contribution is 9.09. The van der Waals surface area contributed by atoms with Crippen LogP contribution < -0.4 is 0 Å². The summed E-state index contributed by atoms with van der Waals surface area (Å²) in [5, 5.41) is 2.18. The first-order valence-electron chi connectivity index (χ1n) is 5.40. The molecule has 2 heterocycles. The van der Waals surface area contributed by atoms with Crippen molar-refractivity contribution in [3.63, 3.8) is 0 Å². The van der Waals surface area contributed by atoms with Gasteiger partial charge >= 0.3 is 0 Å². The molecule has 0 saturated heterocycles. The van der Waals surface area contributed by atoms with Crippen molar-refractivity contribution in [1.82, 2.24) is 4.98 Å². The number of rotatable bonds is 4. The Kier molecular flexibility index (Phi) is 4.13. The SMILES string of the molecule is CCc1ccsc1C(Br)Cc1ccncc1. The average Bonchev–Trinajstić information content (AvgIpc) is 2.78. The maximum Gasteiger partial charge on any atom is 0.0532 e. The van der Waals surface area contributed by atoms with Crippen LogP contribution in [0.25, 0.3) is 0 Å². The van der Waals surface area contributed by atoms with Gasteiger partial charge < -0.3 is 0 Å². The van der Waals surface area contributed by atoms with Gasteiger partial charge in [0.15, 0.2) is 0 Å². The minimum Gasteiger partial charge on any atom is -0.265 e. The van der Waals surface area contributed by atoms with Crippen LogP contribution in [-0.2, 0) is 12.8 Å². The van der Waals surface area contributed by atoms with Gasteiger partial charge in [0.1, 0.15) is 0 Å². The molecule has 2 rings (SSSR count). The molecule has 0 fully saturated rings. The predicted molar refractivity (Wildman–Crippen MR) is 73.3 cm³/mol. The summed E-state index contributed by atoms with van der Waals surface area (Å²) in [4.78, 5) is 5.92. The Morgan fingerprint density at radius 1 is 1.31 bits per heavy atom. The van der Waals surface area contributed by atoms with E-state index in [1.165, 1.54) is 16.0 Å². The highest BCUT2D eigenvalue weighted by Gasteiger charge is 2.13. The Morgan fingerprint density at radius 3 is 2.75 bits per heavy atom. The Morgan fingerprint density at radius 2 is 2.06 bits per heavy atom. The quantitative estimate of drug-likeness (QED) is 0.763. The first-order valence-corrected chi connectivity index (χ1v) is 7.20. The van der Waals surface area contributed by atoms with Crippen LogP contribution in [0.2, 0.25) is 0 Å². The number of halogens is 1. The molecule has 2 aromatic rings. The fraction of sp³-hybridized carbons (Fsp3) is 0.308. The van der Waals surface area contributed by atoms with Gasteiger partial charge in [0.2, 0.25) is 0 Å². The maximum absolute atomic E-state index is 4.04. The van der Waals surface area contributed by atoms with Crippen LogP contribution in [0.3, 0.4) is 0 Å². The van der Waals surface area contributed by atoms with E-state index in [0.717, 1.165) is 12.8 Å². The molecule has 0 aromatic carbocycles. The highest BCUT2D eigenvalue weighted by atomic mass is 79.9. The number of aromatic nitrogens is 1. The number of nitrogens with zero attached hydrogens (tertiary/aromatic N) is 1. The molecule has 3 heteroatoms. The van der Waals surface area contributed by atoms with Gasteiger partial charge in [0.25, 0.3) is 0 Å². The number of hydrogen-bond acceptors (Lipinski definition) is 2. The Labute approximate surface area is 109 Å². The predicted octanol–water partition coefficient (Wildman–Crippen LogP) is 4.38. The van der Waals surface area contributed by atoms with E-state index in [-0.39, 0.29) is 0 Å². The molecule has 0 N–H and O–H groups in total. The van der Waals surface area contributed by atoms with Crippen molar-refractivity contribution in [2.75, 3.05) is 0 Å². The van der Waals surface area contributed by atoms with Gasteiger partial charge in [-0.3, -0.25) is 4.98 Å². The van der Waals surface area contributed by atoms with Crippen molar-refractivity contribution in [3.8, 4) is 0 Å². The third-order valence-corrected chi connectivity index (χ3v) is 4.77. The number of thiophene rings is 1. The largest absolute Gasteiger partial charge is 0.265 e. The molecule has 2 aromatic heterocycles. The number of pyridine rings is 1. The first kappa shape index (κ1) is 11.8. The topological polar surface area (TPSA) is 12.9 Å². The second-order valence-corrected chi connectivity index (χ2v) is 5.74. The van der Waals surface area contributed by atoms with E-state index in [4.69, 9.17) is 0 Å². The van der Waals surface area contributed by atoms with Crippen LogP contribution in [0.5, 0.6) is 0 Å². The molecule has 0 aliphatic heterocycles. The summed E-state index contributed by atoms with van der Waals surface area (Å²) in [6.07, 6.45) is 5.84. The molecule has 0 bridgehead atoms. The highest BCUT2D eigenvalue weighted by Crippen LogP contribution is 2.33. The second-order valence-electron chi connectivity index (χ2n) is 3.69. The van der Waals surface area contributed by atoms with E-state index in [2.05, 4.69) is 51.4 Å². The molecule has 16 heavy (non-hydrogen) atoms. The van der Waals surface area contributed by atoms with Crippen LogP contribution in [0.15, 0.2) is 36.0 Å². The third-order valence-electron chi connectivity index (χ3n) is 2.61. The van der Waals surface area contributed by atoms with Crippen molar-refractivity contribution in [2.45, 2.75) is 24.6 Å². The number of alkyl halides is 1. The maximum atomic E-state index is 4.04. The molecule has 0 saturated carbocycles. The minimum absolute atomic E-state index is 0.421. The van der Waals surface area contributed by atoms with Crippen LogP contribution in [0.1, 0.15) is 27.8 Å². The first-order chi connectivity index (χ1) is 7.81. The summed E-state index contributed by atoms with van der Waals surface area (Å²) in [7, 11) is 0. The molecular formula is C13H14BrNS. The van der Waals surface area contributed by atoms with Crippen LogP contribution >= 0.6 is 27.3 Å². The van der Waals surface area contributed by atoms with Crippen molar-refractivity contribution >= 4 is 27.3 Å². The van der Waals surface area contributed by atoms with Crippen LogP contribution in [0.4, 0.5) is 0 Å². The summed E-state index contributed by atoms with van der Waals surface area (Å²) in [6.45, 7) is 2.21. The lowest BCUT2D eigenvalue weighted by molar-refractivity contribution is 0.942. The standard InChI is InChI=1S/C13H14BrNS/c1-2-11-5-8-16-13(11)12(14)9-10-3-6-15-7-4-10/h3-8,12H,2,9H2,1H3. The third kappa shape index (κ3) is 2.71. The zero-order chi connectivity index (χ0) is 11.4.